The largest absolute Gasteiger partial charge is 0.495 e. The molecule has 5 nitrogen and oxygen atoms in total. The molecule has 1 aromatic heterocycles. The van der Waals surface area contributed by atoms with Gasteiger partial charge in [-0.05, 0) is 30.7 Å². The highest BCUT2D eigenvalue weighted by molar-refractivity contribution is 5.57. The summed E-state index contributed by atoms with van der Waals surface area (Å²) in [6.07, 6.45) is 1.65. The molecule has 0 aliphatic heterocycles. The fourth-order valence-corrected chi connectivity index (χ4v) is 1.63. The first-order chi connectivity index (χ1) is 8.69. The van der Waals surface area contributed by atoms with Crippen molar-refractivity contribution in [1.82, 2.24) is 9.97 Å². The van der Waals surface area contributed by atoms with E-state index in [9.17, 15) is 0 Å². The second kappa shape index (κ2) is 5.35. The first-order valence-corrected chi connectivity index (χ1v) is 5.65. The van der Waals surface area contributed by atoms with Gasteiger partial charge < -0.3 is 15.8 Å². The summed E-state index contributed by atoms with van der Waals surface area (Å²) in [6, 6.07) is 7.61. The van der Waals surface area contributed by atoms with Crippen molar-refractivity contribution in [1.29, 1.82) is 0 Å². The summed E-state index contributed by atoms with van der Waals surface area (Å²) in [5.74, 6) is 1.92. The van der Waals surface area contributed by atoms with Gasteiger partial charge >= 0.3 is 0 Å². The van der Waals surface area contributed by atoms with E-state index in [4.69, 9.17) is 10.5 Å². The minimum Gasteiger partial charge on any atom is -0.495 e. The number of hydrogen-bond acceptors (Lipinski definition) is 5. The lowest BCUT2D eigenvalue weighted by molar-refractivity contribution is 0.416. The molecule has 1 heterocycles. The minimum atomic E-state index is 0.470. The first-order valence-electron chi connectivity index (χ1n) is 5.65. The van der Waals surface area contributed by atoms with E-state index in [0.29, 0.717) is 18.2 Å². The summed E-state index contributed by atoms with van der Waals surface area (Å²) in [5, 5.41) is 3.24. The second-order valence-electron chi connectivity index (χ2n) is 3.96. The molecular formula is C13H16N4O. The number of methoxy groups -OCH3 is 1. The average molecular weight is 244 g/mol. The molecule has 0 unspecified atom stereocenters. The highest BCUT2D eigenvalue weighted by atomic mass is 16.5. The van der Waals surface area contributed by atoms with Crippen LogP contribution < -0.4 is 15.8 Å². The van der Waals surface area contributed by atoms with E-state index in [1.807, 2.05) is 25.1 Å². The number of nitrogen functional groups attached to an aromatic ring is 1. The predicted molar refractivity (Wildman–Crippen MR) is 71.5 cm³/mol. The van der Waals surface area contributed by atoms with Gasteiger partial charge in [0, 0.05) is 6.20 Å². The van der Waals surface area contributed by atoms with Crippen molar-refractivity contribution in [3.05, 3.63) is 41.9 Å². The Hall–Kier alpha value is -2.30. The Bertz CT molecular complexity index is 542. The molecule has 0 saturated heterocycles. The van der Waals surface area contributed by atoms with Gasteiger partial charge in [0.15, 0.2) is 0 Å². The Labute approximate surface area is 106 Å². The number of hydrogen-bond donors (Lipinski definition) is 2. The zero-order valence-corrected chi connectivity index (χ0v) is 10.5. The molecule has 0 aliphatic rings. The molecule has 0 spiro atoms. The van der Waals surface area contributed by atoms with E-state index in [1.54, 1.807) is 19.4 Å². The van der Waals surface area contributed by atoms with Gasteiger partial charge in [-0.3, -0.25) is 0 Å². The van der Waals surface area contributed by atoms with Crippen LogP contribution in [0.3, 0.4) is 0 Å². The first kappa shape index (κ1) is 12.2. The quantitative estimate of drug-likeness (QED) is 0.860. The molecule has 0 atom stereocenters. The maximum absolute atomic E-state index is 5.60. The Morgan fingerprint density at radius 1 is 1.33 bits per heavy atom. The molecule has 0 aliphatic carbocycles. The number of anilines is 2. The SMILES string of the molecule is COc1ccc(C)cc1NCc1nccc(N)n1. The normalized spacial score (nSPS) is 10.1. The van der Waals surface area contributed by atoms with Crippen LogP contribution in [-0.4, -0.2) is 17.1 Å². The molecule has 2 aromatic rings. The van der Waals surface area contributed by atoms with Crippen LogP contribution in [0.4, 0.5) is 11.5 Å². The van der Waals surface area contributed by atoms with Crippen LogP contribution in [-0.2, 0) is 6.54 Å². The van der Waals surface area contributed by atoms with Gasteiger partial charge in [-0.15, -0.1) is 0 Å². The molecule has 94 valence electrons. The van der Waals surface area contributed by atoms with Gasteiger partial charge in [0.05, 0.1) is 19.3 Å². The average Bonchev–Trinajstić information content (AvgIpc) is 2.37. The summed E-state index contributed by atoms with van der Waals surface area (Å²) in [6.45, 7) is 2.53. The van der Waals surface area contributed by atoms with Crippen molar-refractivity contribution >= 4 is 11.5 Å². The Kier molecular flexibility index (Phi) is 3.62. The molecule has 0 saturated carbocycles. The number of ether oxygens (including phenoxy) is 1. The molecular weight excluding hydrogens is 228 g/mol. The minimum absolute atomic E-state index is 0.470. The van der Waals surface area contributed by atoms with E-state index in [2.05, 4.69) is 15.3 Å². The summed E-state index contributed by atoms with van der Waals surface area (Å²) < 4.78 is 5.28. The zero-order valence-electron chi connectivity index (χ0n) is 10.5. The Morgan fingerprint density at radius 3 is 2.89 bits per heavy atom. The van der Waals surface area contributed by atoms with Gasteiger partial charge in [0.1, 0.15) is 17.4 Å². The number of nitrogens with zero attached hydrogens (tertiary/aromatic N) is 2. The smallest absolute Gasteiger partial charge is 0.149 e. The molecule has 0 fully saturated rings. The maximum Gasteiger partial charge on any atom is 0.149 e. The zero-order chi connectivity index (χ0) is 13.0. The number of benzene rings is 1. The molecule has 0 bridgehead atoms. The summed E-state index contributed by atoms with van der Waals surface area (Å²) in [5.41, 5.74) is 7.68. The third-order valence-corrected chi connectivity index (χ3v) is 2.52. The number of aryl methyl sites for hydroxylation is 1. The van der Waals surface area contributed by atoms with Crippen molar-refractivity contribution < 1.29 is 4.74 Å². The van der Waals surface area contributed by atoms with E-state index in [-0.39, 0.29) is 0 Å². The van der Waals surface area contributed by atoms with Crippen LogP contribution in [0.2, 0.25) is 0 Å². The third kappa shape index (κ3) is 2.88. The lowest BCUT2D eigenvalue weighted by Gasteiger charge is -2.11. The van der Waals surface area contributed by atoms with E-state index in [1.165, 1.54) is 0 Å². The molecule has 3 N–H and O–H groups in total. The molecule has 5 heteroatoms. The van der Waals surface area contributed by atoms with Crippen LogP contribution in [0.5, 0.6) is 5.75 Å². The fraction of sp³-hybridized carbons (Fsp3) is 0.231. The van der Waals surface area contributed by atoms with Gasteiger partial charge in [0.25, 0.3) is 0 Å². The van der Waals surface area contributed by atoms with Crippen LogP contribution in [0, 0.1) is 6.92 Å². The van der Waals surface area contributed by atoms with Crippen LogP contribution >= 0.6 is 0 Å². The topological polar surface area (TPSA) is 73.1 Å². The van der Waals surface area contributed by atoms with Gasteiger partial charge in [-0.2, -0.15) is 0 Å². The molecule has 1 aromatic carbocycles. The fourth-order valence-electron chi connectivity index (χ4n) is 1.63. The molecule has 0 radical (unpaired) electrons. The van der Waals surface area contributed by atoms with E-state index < -0.39 is 0 Å². The second-order valence-corrected chi connectivity index (χ2v) is 3.96. The number of rotatable bonds is 4. The number of nitrogens with one attached hydrogen (secondary N) is 1. The Morgan fingerprint density at radius 2 is 2.17 bits per heavy atom. The van der Waals surface area contributed by atoms with Crippen LogP contribution in [0.1, 0.15) is 11.4 Å². The maximum atomic E-state index is 5.60. The van der Waals surface area contributed by atoms with E-state index in [0.717, 1.165) is 17.0 Å². The highest BCUT2D eigenvalue weighted by Crippen LogP contribution is 2.25. The van der Waals surface area contributed by atoms with Gasteiger partial charge in [-0.1, -0.05) is 6.07 Å². The number of aromatic nitrogens is 2. The van der Waals surface area contributed by atoms with Crippen molar-refractivity contribution in [3.8, 4) is 5.75 Å². The monoisotopic (exact) mass is 244 g/mol. The third-order valence-electron chi connectivity index (χ3n) is 2.52. The molecule has 2 rings (SSSR count). The van der Waals surface area contributed by atoms with Crippen molar-refractivity contribution in [3.63, 3.8) is 0 Å². The predicted octanol–water partition coefficient (Wildman–Crippen LogP) is 1.99. The molecule has 0 amide bonds. The van der Waals surface area contributed by atoms with Crippen LogP contribution in [0.25, 0.3) is 0 Å². The van der Waals surface area contributed by atoms with E-state index >= 15 is 0 Å². The standard InChI is InChI=1S/C13H16N4O/c1-9-3-4-11(18-2)10(7-9)16-8-13-15-6-5-12(14)17-13/h3-7,16H,8H2,1-2H3,(H2,14,15,17). The van der Waals surface area contributed by atoms with Crippen molar-refractivity contribution in [2.24, 2.45) is 0 Å². The molecule has 18 heavy (non-hydrogen) atoms. The van der Waals surface area contributed by atoms with Gasteiger partial charge in [-0.25, -0.2) is 9.97 Å². The summed E-state index contributed by atoms with van der Waals surface area (Å²) in [7, 11) is 1.65. The lowest BCUT2D eigenvalue weighted by Crippen LogP contribution is -2.06. The Balaban J connectivity index is 2.12. The summed E-state index contributed by atoms with van der Waals surface area (Å²) >= 11 is 0. The number of nitrogens with two attached hydrogens (primary N) is 1. The lowest BCUT2D eigenvalue weighted by atomic mass is 10.2. The van der Waals surface area contributed by atoms with Crippen LogP contribution in [0.15, 0.2) is 30.5 Å². The summed E-state index contributed by atoms with van der Waals surface area (Å²) in [4.78, 5) is 8.27. The van der Waals surface area contributed by atoms with Gasteiger partial charge in [0.2, 0.25) is 0 Å². The van der Waals surface area contributed by atoms with Crippen molar-refractivity contribution in [2.45, 2.75) is 13.5 Å². The van der Waals surface area contributed by atoms with Crippen molar-refractivity contribution in [2.75, 3.05) is 18.2 Å². The highest BCUT2D eigenvalue weighted by Gasteiger charge is 2.04.